The van der Waals surface area contributed by atoms with Crippen molar-refractivity contribution in [1.82, 2.24) is 14.8 Å². The Morgan fingerprint density at radius 1 is 0.886 bits per heavy atom. The van der Waals surface area contributed by atoms with E-state index < -0.39 is 0 Å². The number of benzene rings is 2. The molecular weight excluding hydrogens is 434 g/mol. The van der Waals surface area contributed by atoms with Gasteiger partial charge in [-0.15, -0.1) is 0 Å². The van der Waals surface area contributed by atoms with Gasteiger partial charge in [0.05, 0.1) is 34.0 Å². The summed E-state index contributed by atoms with van der Waals surface area (Å²) in [6.45, 7) is 13.0. The van der Waals surface area contributed by atoms with E-state index in [1.807, 2.05) is 24.7 Å². The maximum absolute atomic E-state index is 6.46. The van der Waals surface area contributed by atoms with Crippen LogP contribution in [0.3, 0.4) is 0 Å². The highest BCUT2D eigenvalue weighted by Crippen LogP contribution is 2.52. The van der Waals surface area contributed by atoms with E-state index in [9.17, 15) is 0 Å². The summed E-state index contributed by atoms with van der Waals surface area (Å²) in [5, 5.41) is 6.79. The topological polar surface area (TPSA) is 50.3 Å². The number of rotatable bonds is 3. The fourth-order valence-electron chi connectivity index (χ4n) is 5.97. The van der Waals surface area contributed by atoms with Crippen LogP contribution in [0.15, 0.2) is 59.0 Å². The van der Waals surface area contributed by atoms with E-state index in [4.69, 9.17) is 4.42 Å². The average Bonchev–Trinajstić information content (AvgIpc) is 3.44. The number of fused-ring (bicyclic) bond motifs is 4. The zero-order valence-corrected chi connectivity index (χ0v) is 21.4. The van der Waals surface area contributed by atoms with Gasteiger partial charge in [-0.25, -0.2) is 4.98 Å². The maximum Gasteiger partial charge on any atom is 0.227 e. The molecule has 178 valence electrons. The number of nitrogens with zero attached hydrogens (tertiary/aromatic N) is 5. The van der Waals surface area contributed by atoms with Gasteiger partial charge in [0.2, 0.25) is 5.71 Å². The number of furan rings is 1. The van der Waals surface area contributed by atoms with Gasteiger partial charge in [-0.2, -0.15) is 5.10 Å². The first-order valence-corrected chi connectivity index (χ1v) is 12.2. The van der Waals surface area contributed by atoms with Crippen LogP contribution in [-0.2, 0) is 12.6 Å². The van der Waals surface area contributed by atoms with Gasteiger partial charge in [0.25, 0.3) is 0 Å². The molecule has 35 heavy (non-hydrogen) atoms. The molecule has 0 N–H and O–H groups in total. The molecule has 3 aromatic heterocycles. The number of para-hydroxylation sites is 2. The van der Waals surface area contributed by atoms with Crippen molar-refractivity contribution >= 4 is 39.1 Å². The summed E-state index contributed by atoms with van der Waals surface area (Å²) in [5.74, 6) is 0. The van der Waals surface area contributed by atoms with Crippen LogP contribution in [0.2, 0.25) is 0 Å². The first-order chi connectivity index (χ1) is 16.7. The van der Waals surface area contributed by atoms with E-state index in [0.717, 1.165) is 33.4 Å². The first-order valence-electron chi connectivity index (χ1n) is 12.2. The third kappa shape index (κ3) is 3.02. The van der Waals surface area contributed by atoms with Gasteiger partial charge < -0.3 is 14.2 Å². The molecule has 1 aliphatic rings. The molecule has 0 saturated carbocycles. The maximum atomic E-state index is 6.46. The van der Waals surface area contributed by atoms with E-state index >= 15 is 0 Å². The highest BCUT2D eigenvalue weighted by molar-refractivity contribution is 6.10. The summed E-state index contributed by atoms with van der Waals surface area (Å²) >= 11 is 0. The van der Waals surface area contributed by atoms with Crippen molar-refractivity contribution < 1.29 is 4.42 Å². The molecule has 0 spiro atoms. The molecule has 0 bridgehead atoms. The normalized spacial score (nSPS) is 16.0. The fraction of sp³-hybridized carbons (Fsp3) is 0.310. The Labute approximate surface area is 205 Å². The molecule has 6 heteroatoms. The number of hydrogen-bond donors (Lipinski definition) is 0. The van der Waals surface area contributed by atoms with Crippen molar-refractivity contribution in [2.24, 2.45) is 7.05 Å². The van der Waals surface area contributed by atoms with Gasteiger partial charge in [0, 0.05) is 23.5 Å². The van der Waals surface area contributed by atoms with Crippen molar-refractivity contribution in [3.05, 3.63) is 77.2 Å². The van der Waals surface area contributed by atoms with Gasteiger partial charge >= 0.3 is 0 Å². The van der Waals surface area contributed by atoms with Gasteiger partial charge in [-0.1, -0.05) is 24.3 Å². The molecule has 0 amide bonds. The lowest BCUT2D eigenvalue weighted by Gasteiger charge is -2.42. The molecule has 0 radical (unpaired) electrons. The summed E-state index contributed by atoms with van der Waals surface area (Å²) in [6.07, 6.45) is 0.0461. The standard InChI is InChI=1S/C29H31N5O/c1-17-12-14-21-22-15-13-18(2)30-28(22)35-27(21)26(17)33-20(4)34(24-11-9-8-10-23(24)33)29(5,6)25-16-19(3)31-32(25)7/h8-16,20H,1-7H3/t20-/m1/s1. The minimum absolute atomic E-state index is 0.0461. The number of pyridine rings is 1. The lowest BCUT2D eigenvalue weighted by molar-refractivity contribution is 0.417. The predicted octanol–water partition coefficient (Wildman–Crippen LogP) is 6.88. The average molecular weight is 466 g/mol. The second-order valence-corrected chi connectivity index (χ2v) is 10.2. The van der Waals surface area contributed by atoms with Crippen LogP contribution >= 0.6 is 0 Å². The van der Waals surface area contributed by atoms with Crippen LogP contribution in [0.25, 0.3) is 22.1 Å². The molecule has 0 fully saturated rings. The predicted molar refractivity (Wildman–Crippen MR) is 142 cm³/mol. The van der Waals surface area contributed by atoms with Gasteiger partial charge in [0.15, 0.2) is 5.58 Å². The zero-order valence-electron chi connectivity index (χ0n) is 21.4. The number of aryl methyl sites for hydroxylation is 4. The summed E-state index contributed by atoms with van der Waals surface area (Å²) < 4.78 is 8.47. The second kappa shape index (κ2) is 7.35. The molecule has 2 aromatic carbocycles. The smallest absolute Gasteiger partial charge is 0.227 e. The van der Waals surface area contributed by atoms with E-state index in [2.05, 4.69) is 103 Å². The van der Waals surface area contributed by atoms with E-state index in [-0.39, 0.29) is 11.7 Å². The minimum atomic E-state index is -0.297. The Bertz CT molecular complexity index is 1610. The SMILES string of the molecule is Cc1ccc2c(n1)oc1c(N3c4ccccc4N(C(C)(C)c4cc(C)nn4C)[C@@H]3C)c(C)ccc12. The van der Waals surface area contributed by atoms with Crippen molar-refractivity contribution in [2.75, 3.05) is 9.80 Å². The van der Waals surface area contributed by atoms with Crippen molar-refractivity contribution in [3.63, 3.8) is 0 Å². The molecule has 6 rings (SSSR count). The molecule has 1 atom stereocenters. The Balaban J connectivity index is 1.59. The van der Waals surface area contributed by atoms with Crippen LogP contribution in [-0.4, -0.2) is 20.9 Å². The molecule has 0 saturated heterocycles. The molecule has 6 nitrogen and oxygen atoms in total. The van der Waals surface area contributed by atoms with E-state index in [0.29, 0.717) is 5.71 Å². The Morgan fingerprint density at radius 2 is 1.60 bits per heavy atom. The Morgan fingerprint density at radius 3 is 2.31 bits per heavy atom. The van der Waals surface area contributed by atoms with Crippen LogP contribution in [0.1, 0.15) is 43.4 Å². The van der Waals surface area contributed by atoms with E-state index in [1.165, 1.54) is 22.6 Å². The second-order valence-electron chi connectivity index (χ2n) is 10.2. The lowest BCUT2D eigenvalue weighted by atomic mass is 9.96. The van der Waals surface area contributed by atoms with Gasteiger partial charge in [-0.05, 0) is 77.4 Å². The molecule has 0 unspecified atom stereocenters. The highest BCUT2D eigenvalue weighted by Gasteiger charge is 2.44. The fourth-order valence-corrected chi connectivity index (χ4v) is 5.97. The molecule has 5 aromatic rings. The molecule has 4 heterocycles. The lowest BCUT2D eigenvalue weighted by Crippen LogP contribution is -2.50. The summed E-state index contributed by atoms with van der Waals surface area (Å²) in [7, 11) is 2.03. The Kier molecular flexibility index (Phi) is 4.56. The van der Waals surface area contributed by atoms with Crippen molar-refractivity contribution in [3.8, 4) is 0 Å². The molecule has 1 aliphatic heterocycles. The van der Waals surface area contributed by atoms with Crippen LogP contribution < -0.4 is 9.80 Å². The number of anilines is 3. The third-order valence-electron chi connectivity index (χ3n) is 7.44. The van der Waals surface area contributed by atoms with Gasteiger partial charge in [-0.3, -0.25) is 4.68 Å². The Hall–Kier alpha value is -3.80. The third-order valence-corrected chi connectivity index (χ3v) is 7.44. The van der Waals surface area contributed by atoms with E-state index in [1.54, 1.807) is 0 Å². The van der Waals surface area contributed by atoms with Crippen LogP contribution in [0, 0.1) is 20.8 Å². The summed E-state index contributed by atoms with van der Waals surface area (Å²) in [5.41, 5.74) is 9.07. The first kappa shape index (κ1) is 21.7. The largest absolute Gasteiger partial charge is 0.435 e. The monoisotopic (exact) mass is 465 g/mol. The van der Waals surface area contributed by atoms with Crippen molar-refractivity contribution in [1.29, 1.82) is 0 Å². The van der Waals surface area contributed by atoms with Gasteiger partial charge in [0.1, 0.15) is 6.17 Å². The van der Waals surface area contributed by atoms with Crippen LogP contribution in [0.5, 0.6) is 0 Å². The summed E-state index contributed by atoms with van der Waals surface area (Å²) in [6, 6.07) is 19.4. The van der Waals surface area contributed by atoms with Crippen LogP contribution in [0.4, 0.5) is 17.1 Å². The molecule has 0 aliphatic carbocycles. The highest BCUT2D eigenvalue weighted by atomic mass is 16.3. The zero-order chi connectivity index (χ0) is 24.6. The number of aromatic nitrogens is 3. The minimum Gasteiger partial charge on any atom is -0.435 e. The number of hydrogen-bond acceptors (Lipinski definition) is 5. The summed E-state index contributed by atoms with van der Waals surface area (Å²) in [4.78, 5) is 9.60. The van der Waals surface area contributed by atoms with Crippen molar-refractivity contribution in [2.45, 2.75) is 53.2 Å². The quantitative estimate of drug-likeness (QED) is 0.291. The molecular formula is C29H31N5O.